The molecule has 0 fully saturated rings. The standard InChI is InChI=1S/C18H14FNO3/c19-14-6-4-5-13(11-14)12-16-18(21)23-17(20-16)9-10-22-15-7-2-1-3-8-15/h1-8,11-12H,9-10H2/b16-12+. The molecule has 0 amide bonds. The molecular formula is C18H14FNO3. The molecule has 23 heavy (non-hydrogen) atoms. The number of hydrogen-bond donors (Lipinski definition) is 0. The monoisotopic (exact) mass is 311 g/mol. The highest BCUT2D eigenvalue weighted by Gasteiger charge is 2.22. The van der Waals surface area contributed by atoms with Gasteiger partial charge in [0.15, 0.2) is 5.70 Å². The third kappa shape index (κ3) is 4.03. The molecule has 0 bridgehead atoms. The predicted octanol–water partition coefficient (Wildman–Crippen LogP) is 3.59. The highest BCUT2D eigenvalue weighted by Crippen LogP contribution is 2.18. The average molecular weight is 311 g/mol. The Bertz CT molecular complexity index is 769. The molecule has 0 atom stereocenters. The SMILES string of the molecule is O=C1OC(CCOc2ccccc2)=N/C1=C/c1cccc(F)c1. The van der Waals surface area contributed by atoms with Crippen molar-refractivity contribution in [1.29, 1.82) is 0 Å². The lowest BCUT2D eigenvalue weighted by atomic mass is 10.2. The highest BCUT2D eigenvalue weighted by molar-refractivity contribution is 6.07. The van der Waals surface area contributed by atoms with Crippen molar-refractivity contribution in [3.63, 3.8) is 0 Å². The van der Waals surface area contributed by atoms with E-state index in [9.17, 15) is 9.18 Å². The van der Waals surface area contributed by atoms with Crippen molar-refractivity contribution in [2.24, 2.45) is 4.99 Å². The zero-order chi connectivity index (χ0) is 16.1. The van der Waals surface area contributed by atoms with Gasteiger partial charge in [-0.2, -0.15) is 0 Å². The maximum atomic E-state index is 13.1. The van der Waals surface area contributed by atoms with Crippen molar-refractivity contribution in [2.45, 2.75) is 6.42 Å². The molecule has 0 spiro atoms. The van der Waals surface area contributed by atoms with Crippen molar-refractivity contribution in [1.82, 2.24) is 0 Å². The Kier molecular flexibility index (Phi) is 4.47. The van der Waals surface area contributed by atoms with Gasteiger partial charge in [0.25, 0.3) is 0 Å². The second-order valence-electron chi connectivity index (χ2n) is 4.89. The highest BCUT2D eigenvalue weighted by atomic mass is 19.1. The van der Waals surface area contributed by atoms with Crippen molar-refractivity contribution < 1.29 is 18.7 Å². The molecule has 2 aromatic rings. The molecule has 0 saturated carbocycles. The van der Waals surface area contributed by atoms with Crippen LogP contribution in [0.3, 0.4) is 0 Å². The molecule has 0 radical (unpaired) electrons. The molecular weight excluding hydrogens is 297 g/mol. The minimum atomic E-state index is -0.538. The minimum absolute atomic E-state index is 0.158. The Balaban J connectivity index is 1.62. The van der Waals surface area contributed by atoms with Crippen LogP contribution in [0.25, 0.3) is 6.08 Å². The summed E-state index contributed by atoms with van der Waals surface area (Å²) < 4.78 is 23.8. The van der Waals surface area contributed by atoms with Gasteiger partial charge in [0.2, 0.25) is 5.90 Å². The van der Waals surface area contributed by atoms with E-state index in [4.69, 9.17) is 9.47 Å². The maximum absolute atomic E-state index is 13.1. The molecule has 0 saturated heterocycles. The van der Waals surface area contributed by atoms with Crippen LogP contribution in [0.1, 0.15) is 12.0 Å². The van der Waals surface area contributed by atoms with Crippen LogP contribution in [0.15, 0.2) is 65.3 Å². The van der Waals surface area contributed by atoms with Crippen LogP contribution in [0.2, 0.25) is 0 Å². The first kappa shape index (κ1) is 15.0. The molecule has 2 aromatic carbocycles. The lowest BCUT2D eigenvalue weighted by molar-refractivity contribution is -0.130. The van der Waals surface area contributed by atoms with Crippen LogP contribution in [0.5, 0.6) is 5.75 Å². The van der Waals surface area contributed by atoms with E-state index in [1.807, 2.05) is 30.3 Å². The van der Waals surface area contributed by atoms with Crippen LogP contribution in [0.4, 0.5) is 4.39 Å². The van der Waals surface area contributed by atoms with Gasteiger partial charge >= 0.3 is 5.97 Å². The van der Waals surface area contributed by atoms with E-state index in [0.29, 0.717) is 24.5 Å². The number of benzene rings is 2. The lowest BCUT2D eigenvalue weighted by Gasteiger charge is -2.04. The van der Waals surface area contributed by atoms with E-state index in [-0.39, 0.29) is 11.5 Å². The Morgan fingerprint density at radius 3 is 2.74 bits per heavy atom. The Labute approximate surface area is 132 Å². The molecule has 4 nitrogen and oxygen atoms in total. The number of cyclic esters (lactones) is 1. The van der Waals surface area contributed by atoms with Gasteiger partial charge in [-0.3, -0.25) is 0 Å². The van der Waals surface area contributed by atoms with Crippen LogP contribution >= 0.6 is 0 Å². The minimum Gasteiger partial charge on any atom is -0.493 e. The summed E-state index contributed by atoms with van der Waals surface area (Å²) in [4.78, 5) is 15.9. The summed E-state index contributed by atoms with van der Waals surface area (Å²) in [6, 6.07) is 15.3. The maximum Gasteiger partial charge on any atom is 0.363 e. The smallest absolute Gasteiger partial charge is 0.363 e. The summed E-state index contributed by atoms with van der Waals surface area (Å²) in [5.74, 6) is 0.136. The Morgan fingerprint density at radius 2 is 1.96 bits per heavy atom. The first-order valence-electron chi connectivity index (χ1n) is 7.15. The van der Waals surface area contributed by atoms with Crippen LogP contribution in [-0.2, 0) is 9.53 Å². The number of hydrogen-bond acceptors (Lipinski definition) is 4. The normalized spacial score (nSPS) is 15.4. The number of nitrogens with zero attached hydrogens (tertiary/aromatic N) is 1. The van der Waals surface area contributed by atoms with Gasteiger partial charge in [0, 0.05) is 0 Å². The van der Waals surface area contributed by atoms with Gasteiger partial charge in [0.1, 0.15) is 11.6 Å². The second kappa shape index (κ2) is 6.87. The zero-order valence-corrected chi connectivity index (χ0v) is 12.2. The van der Waals surface area contributed by atoms with E-state index in [0.717, 1.165) is 5.75 Å². The van der Waals surface area contributed by atoms with Crippen LogP contribution in [0, 0.1) is 5.82 Å². The van der Waals surface area contributed by atoms with Gasteiger partial charge in [-0.15, -0.1) is 0 Å². The van der Waals surface area contributed by atoms with Crippen LogP contribution < -0.4 is 4.74 Å². The quantitative estimate of drug-likeness (QED) is 0.626. The van der Waals surface area contributed by atoms with Gasteiger partial charge in [0.05, 0.1) is 13.0 Å². The third-order valence-electron chi connectivity index (χ3n) is 3.14. The van der Waals surface area contributed by atoms with Crippen molar-refractivity contribution in [3.8, 4) is 5.75 Å². The summed E-state index contributed by atoms with van der Waals surface area (Å²) in [5, 5.41) is 0. The van der Waals surface area contributed by atoms with Gasteiger partial charge in [-0.1, -0.05) is 30.3 Å². The zero-order valence-electron chi connectivity index (χ0n) is 12.2. The van der Waals surface area contributed by atoms with Crippen LogP contribution in [-0.4, -0.2) is 18.5 Å². The fourth-order valence-electron chi connectivity index (χ4n) is 2.09. The average Bonchev–Trinajstić information content (AvgIpc) is 2.88. The predicted molar refractivity (Wildman–Crippen MR) is 84.5 cm³/mol. The number of carbonyl (C=O) groups excluding carboxylic acids is 1. The number of esters is 1. The van der Waals surface area contributed by atoms with Gasteiger partial charge in [-0.25, -0.2) is 14.2 Å². The molecule has 1 aliphatic heterocycles. The molecule has 0 N–H and O–H groups in total. The number of rotatable bonds is 5. The van der Waals surface area contributed by atoms with E-state index < -0.39 is 5.97 Å². The van der Waals surface area contributed by atoms with Crippen molar-refractivity contribution in [2.75, 3.05) is 6.61 Å². The number of ether oxygens (including phenoxy) is 2. The molecule has 0 aliphatic carbocycles. The van der Waals surface area contributed by atoms with E-state index in [1.54, 1.807) is 12.1 Å². The topological polar surface area (TPSA) is 47.9 Å². The molecule has 3 rings (SSSR count). The first-order chi connectivity index (χ1) is 11.2. The summed E-state index contributed by atoms with van der Waals surface area (Å²) >= 11 is 0. The Hall–Kier alpha value is -2.95. The second-order valence-corrected chi connectivity index (χ2v) is 4.89. The molecule has 0 aromatic heterocycles. The van der Waals surface area contributed by atoms with Crippen molar-refractivity contribution in [3.05, 3.63) is 71.7 Å². The fraction of sp³-hybridized carbons (Fsp3) is 0.111. The van der Waals surface area contributed by atoms with Gasteiger partial charge < -0.3 is 9.47 Å². The number of carbonyl (C=O) groups is 1. The largest absolute Gasteiger partial charge is 0.493 e. The van der Waals surface area contributed by atoms with E-state index in [2.05, 4.69) is 4.99 Å². The van der Waals surface area contributed by atoms with E-state index >= 15 is 0 Å². The number of halogens is 1. The molecule has 1 aliphatic rings. The summed E-state index contributed by atoms with van der Waals surface area (Å²) in [6.07, 6.45) is 1.87. The molecule has 0 unspecified atom stereocenters. The fourth-order valence-corrected chi connectivity index (χ4v) is 2.09. The molecule has 116 valence electrons. The van der Waals surface area contributed by atoms with Crippen molar-refractivity contribution >= 4 is 17.9 Å². The summed E-state index contributed by atoms with van der Waals surface area (Å²) in [6.45, 7) is 0.351. The third-order valence-corrected chi connectivity index (χ3v) is 3.14. The number of aliphatic imine (C=N–C) groups is 1. The molecule has 5 heteroatoms. The summed E-state index contributed by atoms with van der Waals surface area (Å²) in [5.41, 5.74) is 0.716. The molecule has 1 heterocycles. The van der Waals surface area contributed by atoms with Gasteiger partial charge in [-0.05, 0) is 35.9 Å². The Morgan fingerprint density at radius 1 is 1.13 bits per heavy atom. The first-order valence-corrected chi connectivity index (χ1v) is 7.15. The number of para-hydroxylation sites is 1. The lowest BCUT2D eigenvalue weighted by Crippen LogP contribution is -2.08. The summed E-state index contributed by atoms with van der Waals surface area (Å²) in [7, 11) is 0. The van der Waals surface area contributed by atoms with E-state index in [1.165, 1.54) is 18.2 Å².